The summed E-state index contributed by atoms with van der Waals surface area (Å²) < 4.78 is 26.6. The highest BCUT2D eigenvalue weighted by Crippen LogP contribution is 2.19. The summed E-state index contributed by atoms with van der Waals surface area (Å²) in [5, 5.41) is 1.73. The fourth-order valence-electron chi connectivity index (χ4n) is 1.35. The molecule has 2 heterocycles. The summed E-state index contributed by atoms with van der Waals surface area (Å²) in [5.74, 6) is 0.359. The maximum Gasteiger partial charge on any atom is 0.272 e. The molecular weight excluding hydrogens is 256 g/mol. The summed E-state index contributed by atoms with van der Waals surface area (Å²) in [6, 6.07) is 6.87. The van der Waals surface area contributed by atoms with Crippen molar-refractivity contribution in [3.8, 4) is 0 Å². The van der Waals surface area contributed by atoms with Gasteiger partial charge in [-0.2, -0.15) is 0 Å². The van der Waals surface area contributed by atoms with Crippen molar-refractivity contribution < 1.29 is 8.42 Å². The van der Waals surface area contributed by atoms with Gasteiger partial charge in [-0.1, -0.05) is 13.0 Å². The van der Waals surface area contributed by atoms with Gasteiger partial charge in [0.25, 0.3) is 10.0 Å². The highest BCUT2D eigenvalue weighted by molar-refractivity contribution is 7.94. The topological polar surface area (TPSA) is 59.1 Å². The van der Waals surface area contributed by atoms with Crippen LogP contribution in [0.5, 0.6) is 0 Å². The molecule has 4 nitrogen and oxygen atoms in total. The van der Waals surface area contributed by atoms with Crippen molar-refractivity contribution in [3.63, 3.8) is 0 Å². The number of nitrogens with one attached hydrogen (secondary N) is 1. The third kappa shape index (κ3) is 2.83. The van der Waals surface area contributed by atoms with Crippen LogP contribution in [-0.2, 0) is 16.4 Å². The number of rotatable bonds is 4. The van der Waals surface area contributed by atoms with Crippen LogP contribution in [0.1, 0.15) is 12.5 Å². The van der Waals surface area contributed by atoms with E-state index in [2.05, 4.69) is 9.71 Å². The fourth-order valence-corrected chi connectivity index (χ4v) is 3.35. The van der Waals surface area contributed by atoms with Gasteiger partial charge in [0.15, 0.2) is 0 Å². The highest BCUT2D eigenvalue weighted by Gasteiger charge is 2.15. The van der Waals surface area contributed by atoms with Crippen LogP contribution in [0.4, 0.5) is 5.82 Å². The SMILES string of the molecule is CCc1ccnc(NS(=O)(=O)c2cccs2)c1. The molecule has 2 rings (SSSR count). The first kappa shape index (κ1) is 12.1. The van der Waals surface area contributed by atoms with E-state index in [4.69, 9.17) is 0 Å². The van der Waals surface area contributed by atoms with Gasteiger partial charge in [-0.3, -0.25) is 4.72 Å². The molecule has 0 aromatic carbocycles. The molecule has 0 radical (unpaired) electrons. The normalized spacial score (nSPS) is 11.4. The number of thiophene rings is 1. The van der Waals surface area contributed by atoms with E-state index in [1.165, 1.54) is 11.3 Å². The van der Waals surface area contributed by atoms with Gasteiger partial charge in [-0.05, 0) is 35.6 Å². The van der Waals surface area contributed by atoms with Crippen LogP contribution >= 0.6 is 11.3 Å². The second-order valence-electron chi connectivity index (χ2n) is 3.44. The average Bonchev–Trinajstić information content (AvgIpc) is 2.83. The zero-order valence-corrected chi connectivity index (χ0v) is 10.9. The van der Waals surface area contributed by atoms with Crippen molar-refractivity contribution in [3.05, 3.63) is 41.4 Å². The van der Waals surface area contributed by atoms with Crippen LogP contribution in [0.15, 0.2) is 40.1 Å². The van der Waals surface area contributed by atoms with E-state index >= 15 is 0 Å². The molecule has 0 aliphatic rings. The zero-order valence-electron chi connectivity index (χ0n) is 9.25. The van der Waals surface area contributed by atoms with Gasteiger partial charge in [-0.15, -0.1) is 11.3 Å². The third-order valence-electron chi connectivity index (χ3n) is 2.23. The predicted octanol–water partition coefficient (Wildman–Crippen LogP) is 2.51. The minimum absolute atomic E-state index is 0.293. The number of hydrogen-bond acceptors (Lipinski definition) is 4. The number of sulfonamides is 1. The van der Waals surface area contributed by atoms with E-state index in [9.17, 15) is 8.42 Å². The Balaban J connectivity index is 2.26. The minimum atomic E-state index is -3.49. The van der Waals surface area contributed by atoms with Crippen LogP contribution in [0, 0.1) is 0 Å². The van der Waals surface area contributed by atoms with Crippen LogP contribution in [0.2, 0.25) is 0 Å². The summed E-state index contributed by atoms with van der Waals surface area (Å²) in [4.78, 5) is 4.00. The smallest absolute Gasteiger partial charge is 0.263 e. The van der Waals surface area contributed by atoms with Crippen molar-refractivity contribution in [1.82, 2.24) is 4.98 Å². The molecule has 0 spiro atoms. The molecule has 90 valence electrons. The second kappa shape index (κ2) is 4.85. The highest BCUT2D eigenvalue weighted by atomic mass is 32.2. The predicted molar refractivity (Wildman–Crippen MR) is 68.7 cm³/mol. The molecule has 0 saturated heterocycles. The Hall–Kier alpha value is -1.40. The van der Waals surface area contributed by atoms with Crippen LogP contribution in [0.3, 0.4) is 0 Å². The summed E-state index contributed by atoms with van der Waals surface area (Å²) in [5.41, 5.74) is 1.05. The molecule has 0 bridgehead atoms. The third-order valence-corrected chi connectivity index (χ3v) is 4.98. The largest absolute Gasteiger partial charge is 0.272 e. The first-order valence-corrected chi connectivity index (χ1v) is 7.49. The summed E-state index contributed by atoms with van der Waals surface area (Å²) >= 11 is 1.18. The van der Waals surface area contributed by atoms with Gasteiger partial charge in [0.05, 0.1) is 0 Å². The van der Waals surface area contributed by atoms with Crippen LogP contribution in [-0.4, -0.2) is 13.4 Å². The average molecular weight is 268 g/mol. The lowest BCUT2D eigenvalue weighted by molar-refractivity contribution is 0.603. The van der Waals surface area contributed by atoms with Crippen LogP contribution < -0.4 is 4.72 Å². The maximum absolute atomic E-state index is 11.9. The van der Waals surface area contributed by atoms with Gasteiger partial charge in [0.1, 0.15) is 10.0 Å². The van der Waals surface area contributed by atoms with Crippen molar-refractivity contribution in [2.75, 3.05) is 4.72 Å². The zero-order chi connectivity index (χ0) is 12.3. The van der Waals surface area contributed by atoms with Crippen molar-refractivity contribution in [1.29, 1.82) is 0 Å². The Morgan fingerprint density at radius 1 is 1.41 bits per heavy atom. The van der Waals surface area contributed by atoms with E-state index in [0.717, 1.165) is 12.0 Å². The van der Waals surface area contributed by atoms with Gasteiger partial charge in [-0.25, -0.2) is 13.4 Å². The standard InChI is InChI=1S/C11H12N2O2S2/c1-2-9-5-6-12-10(8-9)13-17(14,15)11-4-3-7-16-11/h3-8H,2H2,1H3,(H,12,13). The van der Waals surface area contributed by atoms with Gasteiger partial charge in [0, 0.05) is 6.20 Å². The first-order chi connectivity index (χ1) is 8.12. The molecule has 0 aliphatic carbocycles. The first-order valence-electron chi connectivity index (χ1n) is 5.13. The molecular formula is C11H12N2O2S2. The van der Waals surface area contributed by atoms with Crippen molar-refractivity contribution in [2.45, 2.75) is 17.6 Å². The van der Waals surface area contributed by atoms with Crippen molar-refractivity contribution >= 4 is 27.2 Å². The van der Waals surface area contributed by atoms with E-state index in [1.807, 2.05) is 13.0 Å². The van der Waals surface area contributed by atoms with Crippen LogP contribution in [0.25, 0.3) is 0 Å². The lowest BCUT2D eigenvalue weighted by Gasteiger charge is -2.06. The summed E-state index contributed by atoms with van der Waals surface area (Å²) in [7, 11) is -3.49. The fraction of sp³-hybridized carbons (Fsp3) is 0.182. The van der Waals surface area contributed by atoms with E-state index in [-0.39, 0.29) is 0 Å². The second-order valence-corrected chi connectivity index (χ2v) is 6.30. The molecule has 1 N–H and O–H groups in total. The molecule has 0 amide bonds. The lowest BCUT2D eigenvalue weighted by atomic mass is 10.2. The number of hydrogen-bond donors (Lipinski definition) is 1. The maximum atomic E-state index is 11.9. The Bertz CT molecular complexity index is 592. The van der Waals surface area contributed by atoms with Gasteiger partial charge < -0.3 is 0 Å². The number of aryl methyl sites for hydroxylation is 1. The summed E-state index contributed by atoms with van der Waals surface area (Å²) in [6.07, 6.45) is 2.45. The molecule has 0 unspecified atom stereocenters. The lowest BCUT2D eigenvalue weighted by Crippen LogP contribution is -2.12. The van der Waals surface area contributed by atoms with E-state index in [0.29, 0.717) is 10.0 Å². The Morgan fingerprint density at radius 2 is 2.24 bits per heavy atom. The number of nitrogens with zero attached hydrogens (tertiary/aromatic N) is 1. The van der Waals surface area contributed by atoms with Crippen molar-refractivity contribution in [2.24, 2.45) is 0 Å². The number of aromatic nitrogens is 1. The molecule has 0 saturated carbocycles. The summed E-state index contributed by atoms with van der Waals surface area (Å²) in [6.45, 7) is 2.01. The van der Waals surface area contributed by atoms with E-state index in [1.54, 1.807) is 29.8 Å². The molecule has 2 aromatic heterocycles. The monoisotopic (exact) mass is 268 g/mol. The Morgan fingerprint density at radius 3 is 2.88 bits per heavy atom. The van der Waals surface area contributed by atoms with Gasteiger partial charge in [0.2, 0.25) is 0 Å². The van der Waals surface area contributed by atoms with E-state index < -0.39 is 10.0 Å². The molecule has 6 heteroatoms. The molecule has 17 heavy (non-hydrogen) atoms. The number of anilines is 1. The van der Waals surface area contributed by atoms with Gasteiger partial charge >= 0.3 is 0 Å². The molecule has 0 aliphatic heterocycles. The molecule has 0 atom stereocenters. The molecule has 2 aromatic rings. The Kier molecular flexibility index (Phi) is 3.44. The molecule has 0 fully saturated rings. The quantitative estimate of drug-likeness (QED) is 0.927. The Labute approximate surface area is 104 Å². The number of pyridine rings is 1. The minimum Gasteiger partial charge on any atom is -0.263 e.